The van der Waals surface area contributed by atoms with Crippen molar-refractivity contribution in [3.8, 4) is 0 Å². The zero-order valence-electron chi connectivity index (χ0n) is 40.2. The molecule has 12 atom stereocenters. The van der Waals surface area contributed by atoms with E-state index in [1.165, 1.54) is 83.5 Å². The Balaban J connectivity index is 1.89. The third-order valence-corrected chi connectivity index (χ3v) is 11.9. The fourth-order valence-electron chi connectivity index (χ4n) is 7.79. The average Bonchev–Trinajstić information content (AvgIpc) is 3.31. The van der Waals surface area contributed by atoms with Crippen LogP contribution in [0.4, 0.5) is 0 Å². The Labute approximate surface area is 396 Å². The SMILES string of the molecule is CC/C=C\C/C=C\C/C=C\C/C=C\CCC(=O)NC(COC1OC(CO)C(OC2OC(CO)C(O)C(O)C2O)C(O)C1O)C(O)/C=C/CC/C=C/CCCCCCCCCCCCCCC. The Kier molecular flexibility index (Phi) is 34.6. The Morgan fingerprint density at radius 1 is 0.561 bits per heavy atom. The number of carbonyl (C=O) groups is 1. The molecule has 2 rings (SSSR count). The molecule has 0 aliphatic carbocycles. The molecule has 12 unspecified atom stereocenters. The second kappa shape index (κ2) is 38.3. The lowest BCUT2D eigenvalue weighted by atomic mass is 9.97. The van der Waals surface area contributed by atoms with Crippen molar-refractivity contribution in [2.24, 2.45) is 0 Å². The summed E-state index contributed by atoms with van der Waals surface area (Å²) in [7, 11) is 0. The highest BCUT2D eigenvalue weighted by Crippen LogP contribution is 2.30. The molecule has 0 aromatic heterocycles. The number of rotatable bonds is 37. The summed E-state index contributed by atoms with van der Waals surface area (Å²) in [4.78, 5) is 13.1. The van der Waals surface area contributed by atoms with Gasteiger partial charge in [0.05, 0.1) is 32.0 Å². The van der Waals surface area contributed by atoms with E-state index in [9.17, 15) is 45.6 Å². The van der Waals surface area contributed by atoms with Gasteiger partial charge in [0, 0.05) is 6.42 Å². The molecule has 9 N–H and O–H groups in total. The van der Waals surface area contributed by atoms with Gasteiger partial charge in [0.15, 0.2) is 12.6 Å². The molecular formula is C52H89NO13. The van der Waals surface area contributed by atoms with Crippen molar-refractivity contribution in [2.45, 2.75) is 229 Å². The predicted molar refractivity (Wildman–Crippen MR) is 258 cm³/mol. The van der Waals surface area contributed by atoms with Crippen molar-refractivity contribution in [3.05, 3.63) is 72.9 Å². The summed E-state index contributed by atoms with van der Waals surface area (Å²) < 4.78 is 22.6. The Morgan fingerprint density at radius 2 is 1.06 bits per heavy atom. The summed E-state index contributed by atoms with van der Waals surface area (Å²) in [6.45, 7) is 2.58. The molecule has 0 saturated carbocycles. The van der Waals surface area contributed by atoms with Crippen LogP contribution in [0.25, 0.3) is 0 Å². The molecule has 0 bridgehead atoms. The van der Waals surface area contributed by atoms with Gasteiger partial charge in [0.2, 0.25) is 5.91 Å². The number of unbranched alkanes of at least 4 members (excludes halogenated alkanes) is 14. The quantitative estimate of drug-likeness (QED) is 0.0242. The number of allylic oxidation sites excluding steroid dienone is 11. The van der Waals surface area contributed by atoms with E-state index in [4.69, 9.17) is 18.9 Å². The number of amides is 1. The standard InChI is InChI=1S/C52H89NO13/c1-3-5-7-9-11-13-15-17-18-19-20-21-22-24-25-27-29-31-33-35-41(56)40(53-44(57)36-34-32-30-28-26-23-16-14-12-10-8-6-4-2)39-63-51-49(62)47(60)50(43(38-55)65-51)66-52-48(61)46(59)45(58)42(37-54)64-52/h6,8,12,14,23,25-27,30,32-33,35,40-43,45-52,54-56,58-62H,3-5,7,9-11,13,15-22,24,28-29,31,34,36-39H2,1-2H3,(H,53,57)/b8-6-,14-12-,26-23-,27-25+,32-30-,35-33+. The van der Waals surface area contributed by atoms with E-state index in [1.54, 1.807) is 6.08 Å². The second-order valence-electron chi connectivity index (χ2n) is 17.6. The van der Waals surface area contributed by atoms with Gasteiger partial charge in [-0.25, -0.2) is 0 Å². The fraction of sp³-hybridized carbons (Fsp3) is 0.750. The molecule has 66 heavy (non-hydrogen) atoms. The van der Waals surface area contributed by atoms with Crippen LogP contribution >= 0.6 is 0 Å². The van der Waals surface area contributed by atoms with Crippen molar-refractivity contribution >= 4 is 5.91 Å². The van der Waals surface area contributed by atoms with Crippen LogP contribution < -0.4 is 5.32 Å². The highest BCUT2D eigenvalue weighted by Gasteiger charge is 2.51. The van der Waals surface area contributed by atoms with Crippen LogP contribution in [0, 0.1) is 0 Å². The highest BCUT2D eigenvalue weighted by molar-refractivity contribution is 5.76. The number of ether oxygens (including phenoxy) is 4. The Bertz CT molecular complexity index is 1380. The first-order valence-corrected chi connectivity index (χ1v) is 25.2. The Morgan fingerprint density at radius 3 is 1.65 bits per heavy atom. The van der Waals surface area contributed by atoms with Crippen LogP contribution in [-0.2, 0) is 23.7 Å². The molecule has 0 aromatic carbocycles. The minimum Gasteiger partial charge on any atom is -0.394 e. The van der Waals surface area contributed by atoms with Crippen molar-refractivity contribution in [3.63, 3.8) is 0 Å². The van der Waals surface area contributed by atoms with Crippen molar-refractivity contribution in [2.75, 3.05) is 19.8 Å². The topological polar surface area (TPSA) is 228 Å². The third kappa shape index (κ3) is 25.2. The minimum absolute atomic E-state index is 0.149. The molecule has 14 nitrogen and oxygen atoms in total. The van der Waals surface area contributed by atoms with E-state index in [1.807, 2.05) is 18.2 Å². The predicted octanol–water partition coefficient (Wildman–Crippen LogP) is 6.43. The van der Waals surface area contributed by atoms with Gasteiger partial charge < -0.3 is 65.1 Å². The number of hydrogen-bond acceptors (Lipinski definition) is 13. The molecule has 14 heteroatoms. The molecule has 2 saturated heterocycles. The van der Waals surface area contributed by atoms with Crippen molar-refractivity contribution < 1.29 is 64.6 Å². The molecule has 380 valence electrons. The van der Waals surface area contributed by atoms with Crippen LogP contribution in [0.1, 0.15) is 155 Å². The zero-order chi connectivity index (χ0) is 48.2. The van der Waals surface area contributed by atoms with E-state index in [-0.39, 0.29) is 18.9 Å². The molecule has 0 aromatic rings. The van der Waals surface area contributed by atoms with Gasteiger partial charge in [-0.15, -0.1) is 0 Å². The first-order valence-electron chi connectivity index (χ1n) is 25.2. The maximum absolute atomic E-state index is 13.1. The molecular weight excluding hydrogens is 847 g/mol. The summed E-state index contributed by atoms with van der Waals surface area (Å²) in [5.74, 6) is -0.332. The maximum atomic E-state index is 13.1. The first kappa shape index (κ1) is 59.6. The molecule has 0 spiro atoms. The lowest BCUT2D eigenvalue weighted by molar-refractivity contribution is -0.359. The molecule has 2 aliphatic rings. The van der Waals surface area contributed by atoms with E-state index >= 15 is 0 Å². The van der Waals surface area contributed by atoms with E-state index in [0.717, 1.165) is 38.5 Å². The highest BCUT2D eigenvalue weighted by atomic mass is 16.7. The second-order valence-corrected chi connectivity index (χ2v) is 17.6. The fourth-order valence-corrected chi connectivity index (χ4v) is 7.79. The normalized spacial score (nSPS) is 27.4. The van der Waals surface area contributed by atoms with Crippen LogP contribution in [-0.4, -0.2) is 140 Å². The molecule has 2 fully saturated rings. The van der Waals surface area contributed by atoms with Gasteiger partial charge in [-0.3, -0.25) is 4.79 Å². The number of aliphatic hydroxyl groups is 8. The van der Waals surface area contributed by atoms with Crippen molar-refractivity contribution in [1.29, 1.82) is 0 Å². The van der Waals surface area contributed by atoms with Crippen LogP contribution in [0.5, 0.6) is 0 Å². The van der Waals surface area contributed by atoms with Crippen LogP contribution in [0.3, 0.4) is 0 Å². The maximum Gasteiger partial charge on any atom is 0.220 e. The summed E-state index contributed by atoms with van der Waals surface area (Å²) >= 11 is 0. The average molecular weight is 936 g/mol. The minimum atomic E-state index is -1.80. The molecule has 2 aliphatic heterocycles. The lowest BCUT2D eigenvalue weighted by Crippen LogP contribution is -2.65. The molecule has 1 amide bonds. The first-order chi connectivity index (χ1) is 32.1. The molecule has 2 heterocycles. The zero-order valence-corrected chi connectivity index (χ0v) is 40.2. The smallest absolute Gasteiger partial charge is 0.220 e. The van der Waals surface area contributed by atoms with Gasteiger partial charge in [-0.05, 0) is 57.8 Å². The summed E-state index contributed by atoms with van der Waals surface area (Å²) in [5.41, 5.74) is 0. The van der Waals surface area contributed by atoms with Crippen LogP contribution in [0.2, 0.25) is 0 Å². The van der Waals surface area contributed by atoms with Crippen molar-refractivity contribution in [1.82, 2.24) is 5.32 Å². The van der Waals surface area contributed by atoms with E-state index < -0.39 is 86.8 Å². The summed E-state index contributed by atoms with van der Waals surface area (Å²) in [6, 6.07) is -0.971. The van der Waals surface area contributed by atoms with Gasteiger partial charge in [-0.1, -0.05) is 164 Å². The van der Waals surface area contributed by atoms with Gasteiger partial charge >= 0.3 is 0 Å². The number of aliphatic hydroxyl groups excluding tert-OH is 8. The number of carbonyl (C=O) groups excluding carboxylic acids is 1. The Hall–Kier alpha value is -2.57. The van der Waals surface area contributed by atoms with Gasteiger partial charge in [0.1, 0.15) is 48.8 Å². The van der Waals surface area contributed by atoms with Gasteiger partial charge in [0.25, 0.3) is 0 Å². The number of nitrogens with one attached hydrogen (secondary N) is 1. The summed E-state index contributed by atoms with van der Waals surface area (Å²) in [6.07, 6.45) is 31.1. The van der Waals surface area contributed by atoms with Crippen LogP contribution in [0.15, 0.2) is 72.9 Å². The molecule has 0 radical (unpaired) electrons. The number of hydrogen-bond donors (Lipinski definition) is 9. The van der Waals surface area contributed by atoms with E-state index in [2.05, 4.69) is 67.8 Å². The monoisotopic (exact) mass is 936 g/mol. The van der Waals surface area contributed by atoms with E-state index in [0.29, 0.717) is 12.8 Å². The summed E-state index contributed by atoms with van der Waals surface area (Å²) in [5, 5.41) is 86.6. The largest absolute Gasteiger partial charge is 0.394 e. The van der Waals surface area contributed by atoms with Gasteiger partial charge in [-0.2, -0.15) is 0 Å². The third-order valence-electron chi connectivity index (χ3n) is 11.9. The lowest BCUT2D eigenvalue weighted by Gasteiger charge is -2.46.